The van der Waals surface area contributed by atoms with Crippen molar-refractivity contribution in [2.45, 2.75) is 6.42 Å². The highest BCUT2D eigenvalue weighted by atomic mass is 31.1. The molecule has 6 heavy (non-hydrogen) atoms. The standard InChI is InChI=1S/C4H8OP/c1-2-4-6-5-3-1/h1,6H,2-4H2. The van der Waals surface area contributed by atoms with Gasteiger partial charge in [-0.1, -0.05) is 0 Å². The van der Waals surface area contributed by atoms with Crippen LogP contribution in [0.15, 0.2) is 0 Å². The molecule has 0 aromatic heterocycles. The fourth-order valence-corrected chi connectivity index (χ4v) is 1.14. The molecule has 1 nitrogen and oxygen atoms in total. The molecule has 1 aliphatic rings. The van der Waals surface area contributed by atoms with E-state index >= 15 is 0 Å². The second kappa shape index (κ2) is 2.54. The second-order valence-electron chi connectivity index (χ2n) is 1.28. The van der Waals surface area contributed by atoms with E-state index in [1.807, 2.05) is 0 Å². The molecular weight excluding hydrogens is 95.0 g/mol. The molecule has 0 bridgehead atoms. The third-order valence-corrected chi connectivity index (χ3v) is 1.62. The van der Waals surface area contributed by atoms with Crippen LogP contribution in [-0.2, 0) is 4.52 Å². The molecule has 2 heteroatoms. The number of rotatable bonds is 0. The molecule has 0 N–H and O–H groups in total. The Labute approximate surface area is 39.9 Å². The first kappa shape index (κ1) is 4.55. The lowest BCUT2D eigenvalue weighted by Crippen LogP contribution is -1.94. The Morgan fingerprint density at radius 2 is 2.67 bits per heavy atom. The highest BCUT2D eigenvalue weighted by molar-refractivity contribution is 7.32. The molecule has 1 atom stereocenters. The monoisotopic (exact) mass is 103 g/mol. The lowest BCUT2D eigenvalue weighted by molar-refractivity contribution is 0.381. The van der Waals surface area contributed by atoms with Crippen molar-refractivity contribution in [1.82, 2.24) is 0 Å². The Bertz CT molecular complexity index is 23.0. The minimum Gasteiger partial charge on any atom is -0.362 e. The van der Waals surface area contributed by atoms with E-state index in [1.165, 1.54) is 12.6 Å². The average Bonchev–Trinajstić information content (AvgIpc) is 1.72. The largest absolute Gasteiger partial charge is 0.362 e. The third kappa shape index (κ3) is 1.24. The second-order valence-corrected chi connectivity index (χ2v) is 2.36. The van der Waals surface area contributed by atoms with Crippen molar-refractivity contribution in [3.8, 4) is 0 Å². The zero-order valence-corrected chi connectivity index (χ0v) is 4.61. The summed E-state index contributed by atoms with van der Waals surface area (Å²) in [7, 11) is 0.770. The van der Waals surface area contributed by atoms with Gasteiger partial charge in [0.15, 0.2) is 0 Å². The normalized spacial score (nSPS) is 28.0. The van der Waals surface area contributed by atoms with Crippen molar-refractivity contribution in [3.05, 3.63) is 6.42 Å². The molecule has 1 aliphatic heterocycles. The van der Waals surface area contributed by atoms with Crippen molar-refractivity contribution in [2.24, 2.45) is 0 Å². The predicted octanol–water partition coefficient (Wildman–Crippen LogP) is 1.20. The summed E-state index contributed by atoms with van der Waals surface area (Å²) in [4.78, 5) is 0. The molecule has 1 saturated heterocycles. The molecule has 35 valence electrons. The van der Waals surface area contributed by atoms with Gasteiger partial charge < -0.3 is 4.52 Å². The van der Waals surface area contributed by atoms with E-state index in [4.69, 9.17) is 4.52 Å². The summed E-state index contributed by atoms with van der Waals surface area (Å²) in [5.74, 6) is 0. The maximum absolute atomic E-state index is 5.04. The van der Waals surface area contributed by atoms with Crippen LogP contribution in [0.25, 0.3) is 0 Å². The molecule has 0 aromatic carbocycles. The first-order chi connectivity index (χ1) is 3.00. The molecule has 0 amide bonds. The molecule has 1 unspecified atom stereocenters. The lowest BCUT2D eigenvalue weighted by Gasteiger charge is -2.07. The maximum atomic E-state index is 5.04. The van der Waals surface area contributed by atoms with Gasteiger partial charge in [0.2, 0.25) is 0 Å². The van der Waals surface area contributed by atoms with Crippen LogP contribution in [0.1, 0.15) is 6.42 Å². The van der Waals surface area contributed by atoms with Crippen molar-refractivity contribution in [3.63, 3.8) is 0 Å². The summed E-state index contributed by atoms with van der Waals surface area (Å²) in [5, 5.41) is 0. The van der Waals surface area contributed by atoms with E-state index in [-0.39, 0.29) is 0 Å². The molecular formula is C4H8OP. The fourth-order valence-electron chi connectivity index (χ4n) is 0.434. The quantitative estimate of drug-likeness (QED) is 0.418. The smallest absolute Gasteiger partial charge is 0.0537 e. The van der Waals surface area contributed by atoms with E-state index < -0.39 is 0 Å². The van der Waals surface area contributed by atoms with Crippen LogP contribution in [-0.4, -0.2) is 12.8 Å². The summed E-state index contributed by atoms with van der Waals surface area (Å²) < 4.78 is 5.04. The molecule has 0 aliphatic carbocycles. The number of hydrogen-bond acceptors (Lipinski definition) is 1. The highest BCUT2D eigenvalue weighted by Gasteiger charge is 1.95. The van der Waals surface area contributed by atoms with E-state index in [0.717, 1.165) is 15.4 Å². The van der Waals surface area contributed by atoms with Gasteiger partial charge in [0.25, 0.3) is 0 Å². The summed E-state index contributed by atoms with van der Waals surface area (Å²) in [6, 6.07) is 0. The fraction of sp³-hybridized carbons (Fsp3) is 0.750. The van der Waals surface area contributed by atoms with Crippen molar-refractivity contribution in [1.29, 1.82) is 0 Å². The zero-order valence-electron chi connectivity index (χ0n) is 3.61. The van der Waals surface area contributed by atoms with Crippen LogP contribution in [0.5, 0.6) is 0 Å². The maximum Gasteiger partial charge on any atom is 0.0537 e. The van der Waals surface area contributed by atoms with Gasteiger partial charge in [-0.2, -0.15) is 0 Å². The Balaban J connectivity index is 2.00. The minimum atomic E-state index is 0.770. The van der Waals surface area contributed by atoms with Crippen molar-refractivity contribution >= 4 is 8.81 Å². The van der Waals surface area contributed by atoms with Crippen molar-refractivity contribution in [2.75, 3.05) is 12.8 Å². The molecule has 1 fully saturated rings. The van der Waals surface area contributed by atoms with Gasteiger partial charge >= 0.3 is 0 Å². The van der Waals surface area contributed by atoms with Crippen LogP contribution >= 0.6 is 8.81 Å². The van der Waals surface area contributed by atoms with Gasteiger partial charge in [-0.25, -0.2) is 0 Å². The van der Waals surface area contributed by atoms with Gasteiger partial charge in [-0.15, -0.1) is 0 Å². The Hall–Kier alpha value is 0.390. The van der Waals surface area contributed by atoms with Gasteiger partial charge in [-0.05, 0) is 19.0 Å². The van der Waals surface area contributed by atoms with Gasteiger partial charge in [0.1, 0.15) is 0 Å². The summed E-state index contributed by atoms with van der Waals surface area (Å²) in [5.41, 5.74) is 0. The first-order valence-corrected chi connectivity index (χ1v) is 3.28. The predicted molar refractivity (Wildman–Crippen MR) is 28.1 cm³/mol. The summed E-state index contributed by atoms with van der Waals surface area (Å²) >= 11 is 0. The van der Waals surface area contributed by atoms with Gasteiger partial charge in [-0.3, -0.25) is 0 Å². The van der Waals surface area contributed by atoms with E-state index in [0.29, 0.717) is 0 Å². The highest BCUT2D eigenvalue weighted by Crippen LogP contribution is 2.18. The molecule has 0 aromatic rings. The van der Waals surface area contributed by atoms with Crippen LogP contribution in [0.4, 0.5) is 0 Å². The Kier molecular flexibility index (Phi) is 1.93. The van der Waals surface area contributed by atoms with Crippen LogP contribution < -0.4 is 0 Å². The minimum absolute atomic E-state index is 0.770. The molecule has 1 heterocycles. The third-order valence-electron chi connectivity index (χ3n) is 0.754. The SMILES string of the molecule is [CH]1CCPOC1. The van der Waals surface area contributed by atoms with Gasteiger partial charge in [0.05, 0.1) is 6.61 Å². The number of hydrogen-bond donors (Lipinski definition) is 0. The van der Waals surface area contributed by atoms with Crippen molar-refractivity contribution < 1.29 is 4.52 Å². The van der Waals surface area contributed by atoms with E-state index in [1.54, 1.807) is 0 Å². The van der Waals surface area contributed by atoms with E-state index in [9.17, 15) is 0 Å². The molecule has 1 radical (unpaired) electrons. The Morgan fingerprint density at radius 3 is 2.83 bits per heavy atom. The van der Waals surface area contributed by atoms with Crippen LogP contribution in [0.2, 0.25) is 0 Å². The zero-order chi connectivity index (χ0) is 4.24. The topological polar surface area (TPSA) is 9.23 Å². The molecule has 0 saturated carbocycles. The summed E-state index contributed by atoms with van der Waals surface area (Å²) in [6.07, 6.45) is 4.69. The summed E-state index contributed by atoms with van der Waals surface area (Å²) in [6.45, 7) is 0.887. The first-order valence-electron chi connectivity index (χ1n) is 2.16. The molecule has 0 spiro atoms. The Morgan fingerprint density at radius 1 is 1.67 bits per heavy atom. The van der Waals surface area contributed by atoms with E-state index in [2.05, 4.69) is 6.42 Å². The lowest BCUT2D eigenvalue weighted by atomic mass is 10.4. The van der Waals surface area contributed by atoms with Crippen LogP contribution in [0.3, 0.4) is 0 Å². The average molecular weight is 103 g/mol. The molecule has 1 rings (SSSR count). The van der Waals surface area contributed by atoms with Gasteiger partial charge in [0, 0.05) is 8.81 Å². The van der Waals surface area contributed by atoms with Crippen LogP contribution in [0, 0.1) is 6.42 Å².